The molecule has 0 aromatic heterocycles. The van der Waals surface area contributed by atoms with E-state index in [2.05, 4.69) is 5.32 Å². The Labute approximate surface area is 116 Å². The molecule has 104 valence electrons. The van der Waals surface area contributed by atoms with Gasteiger partial charge in [-0.15, -0.1) is 0 Å². The minimum Gasteiger partial charge on any atom is -0.378 e. The summed E-state index contributed by atoms with van der Waals surface area (Å²) in [5.74, 6) is -0.277. The quantitative estimate of drug-likeness (QED) is 0.671. The van der Waals surface area contributed by atoms with Gasteiger partial charge in [-0.1, -0.05) is 18.2 Å². The van der Waals surface area contributed by atoms with Crippen LogP contribution in [0.5, 0.6) is 0 Å². The topological polar surface area (TPSA) is 55.2 Å². The highest BCUT2D eigenvalue weighted by molar-refractivity contribution is 5.48. The van der Waals surface area contributed by atoms with Crippen LogP contribution in [-0.4, -0.2) is 4.92 Å². The van der Waals surface area contributed by atoms with Crippen molar-refractivity contribution >= 4 is 11.4 Å². The minimum absolute atomic E-state index is 0.0474. The van der Waals surface area contributed by atoms with E-state index in [0.717, 1.165) is 5.56 Å². The van der Waals surface area contributed by atoms with Gasteiger partial charge in [0.1, 0.15) is 5.82 Å². The van der Waals surface area contributed by atoms with E-state index < -0.39 is 4.92 Å². The molecule has 0 aliphatic heterocycles. The number of rotatable bonds is 4. The summed E-state index contributed by atoms with van der Waals surface area (Å²) in [5, 5.41) is 13.9. The van der Waals surface area contributed by atoms with Gasteiger partial charge >= 0.3 is 0 Å². The standard InChI is InChI=1S/C15H15FN2O2/c1-10-6-7-13(9-15(10)16)17-11(2)12-4-3-5-14(8-12)18(19)20/h3-9,11,17H,1-2H3. The summed E-state index contributed by atoms with van der Waals surface area (Å²) in [7, 11) is 0. The Hall–Kier alpha value is -2.43. The molecule has 0 amide bonds. The van der Waals surface area contributed by atoms with Crippen LogP contribution in [-0.2, 0) is 0 Å². The third kappa shape index (κ3) is 3.12. The van der Waals surface area contributed by atoms with Gasteiger partial charge in [0, 0.05) is 23.9 Å². The molecule has 0 saturated carbocycles. The first-order chi connectivity index (χ1) is 9.47. The van der Waals surface area contributed by atoms with Crippen LogP contribution in [0.15, 0.2) is 42.5 Å². The number of aryl methyl sites for hydroxylation is 1. The first-order valence-corrected chi connectivity index (χ1v) is 6.24. The maximum Gasteiger partial charge on any atom is 0.269 e. The fraction of sp³-hybridized carbons (Fsp3) is 0.200. The van der Waals surface area contributed by atoms with Crippen molar-refractivity contribution in [3.8, 4) is 0 Å². The molecule has 1 N–H and O–H groups in total. The average Bonchev–Trinajstić information content (AvgIpc) is 2.43. The smallest absolute Gasteiger partial charge is 0.269 e. The highest BCUT2D eigenvalue weighted by atomic mass is 19.1. The summed E-state index contributed by atoms with van der Waals surface area (Å²) in [4.78, 5) is 10.3. The van der Waals surface area contributed by atoms with Crippen molar-refractivity contribution in [2.75, 3.05) is 5.32 Å². The molecule has 1 unspecified atom stereocenters. The molecular formula is C15H15FN2O2. The van der Waals surface area contributed by atoms with Crippen molar-refractivity contribution in [3.05, 3.63) is 69.5 Å². The Balaban J connectivity index is 2.19. The zero-order valence-corrected chi connectivity index (χ0v) is 11.3. The largest absolute Gasteiger partial charge is 0.378 e. The second-order valence-corrected chi connectivity index (χ2v) is 4.68. The van der Waals surface area contributed by atoms with Gasteiger partial charge in [-0.25, -0.2) is 4.39 Å². The number of benzene rings is 2. The lowest BCUT2D eigenvalue weighted by Crippen LogP contribution is -2.07. The number of nitro benzene ring substituents is 1. The van der Waals surface area contributed by atoms with Gasteiger partial charge in [0.2, 0.25) is 0 Å². The lowest BCUT2D eigenvalue weighted by molar-refractivity contribution is -0.384. The molecule has 20 heavy (non-hydrogen) atoms. The summed E-state index contributed by atoms with van der Waals surface area (Å²) in [6, 6.07) is 11.1. The summed E-state index contributed by atoms with van der Waals surface area (Å²) < 4.78 is 13.5. The van der Waals surface area contributed by atoms with E-state index in [1.807, 2.05) is 6.92 Å². The summed E-state index contributed by atoms with van der Waals surface area (Å²) >= 11 is 0. The second kappa shape index (κ2) is 5.69. The fourth-order valence-electron chi connectivity index (χ4n) is 1.92. The molecular weight excluding hydrogens is 259 g/mol. The Bertz CT molecular complexity index is 644. The van der Waals surface area contributed by atoms with Gasteiger partial charge in [-0.05, 0) is 37.1 Å². The molecule has 2 aromatic rings. The van der Waals surface area contributed by atoms with E-state index in [9.17, 15) is 14.5 Å². The van der Waals surface area contributed by atoms with Crippen LogP contribution < -0.4 is 5.32 Å². The molecule has 0 fully saturated rings. The molecule has 0 aliphatic carbocycles. The van der Waals surface area contributed by atoms with Crippen LogP contribution in [0.1, 0.15) is 24.1 Å². The first-order valence-electron chi connectivity index (χ1n) is 6.24. The van der Waals surface area contributed by atoms with Crippen LogP contribution in [0, 0.1) is 22.9 Å². The van der Waals surface area contributed by atoms with Crippen LogP contribution in [0.25, 0.3) is 0 Å². The SMILES string of the molecule is Cc1ccc(NC(C)c2cccc([N+](=O)[O-])c2)cc1F. The van der Waals surface area contributed by atoms with E-state index in [-0.39, 0.29) is 17.5 Å². The second-order valence-electron chi connectivity index (χ2n) is 4.68. The summed E-state index contributed by atoms with van der Waals surface area (Å²) in [6.07, 6.45) is 0. The first kappa shape index (κ1) is 14.0. The lowest BCUT2D eigenvalue weighted by Gasteiger charge is -2.16. The van der Waals surface area contributed by atoms with Gasteiger partial charge in [-0.3, -0.25) is 10.1 Å². The van der Waals surface area contributed by atoms with Crippen LogP contribution >= 0.6 is 0 Å². The summed E-state index contributed by atoms with van der Waals surface area (Å²) in [5.41, 5.74) is 2.05. The van der Waals surface area contributed by atoms with Crippen LogP contribution in [0.2, 0.25) is 0 Å². The number of anilines is 1. The molecule has 2 aromatic carbocycles. The zero-order chi connectivity index (χ0) is 14.7. The van der Waals surface area contributed by atoms with Crippen molar-refractivity contribution in [2.24, 2.45) is 0 Å². The van der Waals surface area contributed by atoms with Crippen molar-refractivity contribution in [1.29, 1.82) is 0 Å². The highest BCUT2D eigenvalue weighted by Gasteiger charge is 2.11. The van der Waals surface area contributed by atoms with Crippen molar-refractivity contribution in [1.82, 2.24) is 0 Å². The molecule has 0 saturated heterocycles. The van der Waals surface area contributed by atoms with E-state index in [0.29, 0.717) is 11.3 Å². The van der Waals surface area contributed by atoms with Crippen molar-refractivity contribution in [3.63, 3.8) is 0 Å². The third-order valence-electron chi connectivity index (χ3n) is 3.14. The Morgan fingerprint density at radius 1 is 1.25 bits per heavy atom. The lowest BCUT2D eigenvalue weighted by atomic mass is 10.1. The zero-order valence-electron chi connectivity index (χ0n) is 11.3. The van der Waals surface area contributed by atoms with E-state index in [1.165, 1.54) is 18.2 Å². The minimum atomic E-state index is -0.429. The van der Waals surface area contributed by atoms with Crippen molar-refractivity contribution < 1.29 is 9.31 Å². The molecule has 0 bridgehead atoms. The maximum atomic E-state index is 13.5. The number of hydrogen-bond donors (Lipinski definition) is 1. The molecule has 0 spiro atoms. The highest BCUT2D eigenvalue weighted by Crippen LogP contribution is 2.23. The molecule has 0 radical (unpaired) electrons. The van der Waals surface area contributed by atoms with E-state index in [1.54, 1.807) is 31.2 Å². The third-order valence-corrected chi connectivity index (χ3v) is 3.14. The molecule has 4 nitrogen and oxygen atoms in total. The van der Waals surface area contributed by atoms with Crippen molar-refractivity contribution in [2.45, 2.75) is 19.9 Å². The predicted molar refractivity (Wildman–Crippen MR) is 76.3 cm³/mol. The summed E-state index contributed by atoms with van der Waals surface area (Å²) in [6.45, 7) is 3.57. The Kier molecular flexibility index (Phi) is 3.98. The Morgan fingerprint density at radius 2 is 2.00 bits per heavy atom. The van der Waals surface area contributed by atoms with E-state index in [4.69, 9.17) is 0 Å². The fourth-order valence-corrected chi connectivity index (χ4v) is 1.92. The number of hydrogen-bond acceptors (Lipinski definition) is 3. The van der Waals surface area contributed by atoms with Gasteiger partial charge in [0.25, 0.3) is 5.69 Å². The molecule has 2 rings (SSSR count). The predicted octanol–water partition coefficient (Wildman–Crippen LogP) is 4.22. The van der Waals surface area contributed by atoms with Gasteiger partial charge < -0.3 is 5.32 Å². The van der Waals surface area contributed by atoms with Crippen LogP contribution in [0.3, 0.4) is 0 Å². The molecule has 0 aliphatic rings. The normalized spacial score (nSPS) is 11.9. The monoisotopic (exact) mass is 274 g/mol. The van der Waals surface area contributed by atoms with Gasteiger partial charge in [0.05, 0.1) is 4.92 Å². The Morgan fingerprint density at radius 3 is 2.65 bits per heavy atom. The number of nitro groups is 1. The number of halogens is 1. The number of nitrogens with zero attached hydrogens (tertiary/aromatic N) is 1. The molecule has 1 atom stereocenters. The van der Waals surface area contributed by atoms with Gasteiger partial charge in [-0.2, -0.15) is 0 Å². The molecule has 0 heterocycles. The average molecular weight is 274 g/mol. The number of non-ortho nitro benzene ring substituents is 1. The van der Waals surface area contributed by atoms with Crippen LogP contribution in [0.4, 0.5) is 15.8 Å². The molecule has 5 heteroatoms. The van der Waals surface area contributed by atoms with E-state index >= 15 is 0 Å². The maximum absolute atomic E-state index is 13.5. The van der Waals surface area contributed by atoms with Gasteiger partial charge in [0.15, 0.2) is 0 Å². The number of nitrogens with one attached hydrogen (secondary N) is 1.